The molecule has 0 spiro atoms. The molecule has 1 aromatic carbocycles. The van der Waals surface area contributed by atoms with E-state index in [1.165, 1.54) is 7.11 Å². The number of ether oxygens (including phenoxy) is 1. The van der Waals surface area contributed by atoms with Gasteiger partial charge in [-0.2, -0.15) is 0 Å². The molecule has 1 unspecified atom stereocenters. The van der Waals surface area contributed by atoms with E-state index >= 15 is 0 Å². The molecule has 0 aliphatic rings. The van der Waals surface area contributed by atoms with Crippen LogP contribution in [0.15, 0.2) is 30.3 Å². The summed E-state index contributed by atoms with van der Waals surface area (Å²) in [5, 5.41) is 0. The van der Waals surface area contributed by atoms with Crippen molar-refractivity contribution in [3.05, 3.63) is 35.9 Å². The molecule has 1 rings (SSSR count). The third kappa shape index (κ3) is 2.69. The SMILES string of the molecule is COC(=O)C(C=O)Cc1ccccc1. The predicted octanol–water partition coefficient (Wildman–Crippen LogP) is 1.22. The van der Waals surface area contributed by atoms with Gasteiger partial charge < -0.3 is 9.53 Å². The second-order valence-corrected chi connectivity index (χ2v) is 2.96. The maximum Gasteiger partial charge on any atom is 0.316 e. The second kappa shape index (κ2) is 5.17. The van der Waals surface area contributed by atoms with Gasteiger partial charge in [0.05, 0.1) is 7.11 Å². The van der Waals surface area contributed by atoms with Crippen LogP contribution in [0.1, 0.15) is 5.56 Å². The molecule has 0 fully saturated rings. The fourth-order valence-corrected chi connectivity index (χ4v) is 1.21. The van der Waals surface area contributed by atoms with Gasteiger partial charge in [-0.15, -0.1) is 0 Å². The van der Waals surface area contributed by atoms with Gasteiger partial charge in [-0.05, 0) is 12.0 Å². The molecule has 0 heterocycles. The van der Waals surface area contributed by atoms with Crippen LogP contribution in [-0.4, -0.2) is 19.4 Å². The van der Waals surface area contributed by atoms with Crippen LogP contribution in [0.25, 0.3) is 0 Å². The van der Waals surface area contributed by atoms with Gasteiger partial charge in [0.15, 0.2) is 0 Å². The number of hydrogen-bond acceptors (Lipinski definition) is 3. The molecule has 0 bridgehead atoms. The van der Waals surface area contributed by atoms with E-state index in [9.17, 15) is 9.59 Å². The van der Waals surface area contributed by atoms with Crippen LogP contribution in [0, 0.1) is 5.92 Å². The first kappa shape index (κ1) is 10.4. The fraction of sp³-hybridized carbons (Fsp3) is 0.273. The summed E-state index contributed by atoms with van der Waals surface area (Å²) in [6.45, 7) is 0. The molecular formula is C11H12O3. The Morgan fingerprint density at radius 3 is 2.57 bits per heavy atom. The number of carbonyl (C=O) groups is 2. The highest BCUT2D eigenvalue weighted by Crippen LogP contribution is 2.07. The van der Waals surface area contributed by atoms with Crippen molar-refractivity contribution in [2.24, 2.45) is 5.92 Å². The number of methoxy groups -OCH3 is 1. The largest absolute Gasteiger partial charge is 0.468 e. The van der Waals surface area contributed by atoms with E-state index in [-0.39, 0.29) is 0 Å². The van der Waals surface area contributed by atoms with E-state index < -0.39 is 11.9 Å². The molecular weight excluding hydrogens is 180 g/mol. The van der Waals surface area contributed by atoms with E-state index in [1.807, 2.05) is 30.3 Å². The maximum absolute atomic E-state index is 11.1. The van der Waals surface area contributed by atoms with E-state index in [4.69, 9.17) is 0 Å². The quantitative estimate of drug-likeness (QED) is 0.409. The van der Waals surface area contributed by atoms with Gasteiger partial charge in [-0.1, -0.05) is 30.3 Å². The van der Waals surface area contributed by atoms with Crippen molar-refractivity contribution in [3.8, 4) is 0 Å². The molecule has 14 heavy (non-hydrogen) atoms. The highest BCUT2D eigenvalue weighted by atomic mass is 16.5. The van der Waals surface area contributed by atoms with Gasteiger partial charge in [-0.25, -0.2) is 0 Å². The van der Waals surface area contributed by atoms with Gasteiger partial charge in [0.1, 0.15) is 12.2 Å². The highest BCUT2D eigenvalue weighted by Gasteiger charge is 2.18. The maximum atomic E-state index is 11.1. The summed E-state index contributed by atoms with van der Waals surface area (Å²) < 4.78 is 4.51. The zero-order valence-corrected chi connectivity index (χ0v) is 7.97. The van der Waals surface area contributed by atoms with Crippen molar-refractivity contribution in [1.82, 2.24) is 0 Å². The number of hydrogen-bond donors (Lipinski definition) is 0. The Balaban J connectivity index is 2.66. The number of carbonyl (C=O) groups excluding carboxylic acids is 2. The summed E-state index contributed by atoms with van der Waals surface area (Å²) in [6.07, 6.45) is 1.02. The summed E-state index contributed by atoms with van der Waals surface area (Å²) in [6, 6.07) is 9.37. The first-order valence-corrected chi connectivity index (χ1v) is 4.35. The molecule has 1 aromatic rings. The minimum absolute atomic E-state index is 0.400. The summed E-state index contributed by atoms with van der Waals surface area (Å²) in [4.78, 5) is 21.7. The lowest BCUT2D eigenvalue weighted by atomic mass is 10.0. The minimum Gasteiger partial charge on any atom is -0.468 e. The van der Waals surface area contributed by atoms with Crippen LogP contribution < -0.4 is 0 Å². The van der Waals surface area contributed by atoms with Crippen molar-refractivity contribution >= 4 is 12.3 Å². The monoisotopic (exact) mass is 192 g/mol. The van der Waals surface area contributed by atoms with Crippen LogP contribution in [0.2, 0.25) is 0 Å². The molecule has 0 radical (unpaired) electrons. The Morgan fingerprint density at radius 2 is 2.07 bits per heavy atom. The Hall–Kier alpha value is -1.64. The van der Waals surface area contributed by atoms with E-state index in [2.05, 4.69) is 4.74 Å². The van der Waals surface area contributed by atoms with Crippen LogP contribution in [0.4, 0.5) is 0 Å². The average Bonchev–Trinajstić information content (AvgIpc) is 2.26. The summed E-state index contributed by atoms with van der Waals surface area (Å²) in [7, 11) is 1.28. The molecule has 0 amide bonds. The Bertz CT molecular complexity index is 306. The fourth-order valence-electron chi connectivity index (χ4n) is 1.21. The lowest BCUT2D eigenvalue weighted by Gasteiger charge is -2.07. The average molecular weight is 192 g/mol. The Morgan fingerprint density at radius 1 is 1.43 bits per heavy atom. The van der Waals surface area contributed by atoms with Gasteiger partial charge in [0, 0.05) is 0 Å². The lowest BCUT2D eigenvalue weighted by molar-refractivity contribution is -0.146. The molecule has 0 N–H and O–H groups in total. The predicted molar refractivity (Wildman–Crippen MR) is 51.7 cm³/mol. The van der Waals surface area contributed by atoms with E-state index in [1.54, 1.807) is 0 Å². The number of esters is 1. The Kier molecular flexibility index (Phi) is 3.85. The van der Waals surface area contributed by atoms with Gasteiger partial charge in [0.2, 0.25) is 0 Å². The minimum atomic E-state index is -0.692. The van der Waals surface area contributed by atoms with E-state index in [0.29, 0.717) is 12.7 Å². The molecule has 74 valence electrons. The standard InChI is InChI=1S/C11H12O3/c1-14-11(13)10(8-12)7-9-5-3-2-4-6-9/h2-6,8,10H,7H2,1H3. The normalized spacial score (nSPS) is 11.8. The van der Waals surface area contributed by atoms with Crippen LogP contribution in [-0.2, 0) is 20.7 Å². The topological polar surface area (TPSA) is 43.4 Å². The second-order valence-electron chi connectivity index (χ2n) is 2.96. The van der Waals surface area contributed by atoms with E-state index in [0.717, 1.165) is 5.56 Å². The van der Waals surface area contributed by atoms with Gasteiger partial charge >= 0.3 is 5.97 Å². The molecule has 1 atom stereocenters. The summed E-state index contributed by atoms with van der Waals surface area (Å²) in [5.41, 5.74) is 0.954. The molecule has 0 aliphatic heterocycles. The van der Waals surface area contributed by atoms with Crippen LogP contribution >= 0.6 is 0 Å². The zero-order chi connectivity index (χ0) is 10.4. The van der Waals surface area contributed by atoms with Crippen molar-refractivity contribution in [2.45, 2.75) is 6.42 Å². The third-order valence-electron chi connectivity index (χ3n) is 1.97. The third-order valence-corrected chi connectivity index (χ3v) is 1.97. The molecule has 0 saturated heterocycles. The molecule has 3 heteroatoms. The van der Waals surface area contributed by atoms with Gasteiger partial charge in [0.25, 0.3) is 0 Å². The molecule has 0 aromatic heterocycles. The van der Waals surface area contributed by atoms with Crippen molar-refractivity contribution in [3.63, 3.8) is 0 Å². The van der Waals surface area contributed by atoms with Crippen molar-refractivity contribution < 1.29 is 14.3 Å². The molecule has 3 nitrogen and oxygen atoms in total. The van der Waals surface area contributed by atoms with Crippen molar-refractivity contribution in [1.29, 1.82) is 0 Å². The summed E-state index contributed by atoms with van der Waals surface area (Å²) in [5.74, 6) is -1.17. The van der Waals surface area contributed by atoms with Crippen molar-refractivity contribution in [2.75, 3.05) is 7.11 Å². The number of aldehydes is 1. The molecule has 0 aliphatic carbocycles. The first-order valence-electron chi connectivity index (χ1n) is 4.35. The Labute approximate surface area is 82.7 Å². The summed E-state index contributed by atoms with van der Waals surface area (Å²) >= 11 is 0. The number of rotatable bonds is 4. The van der Waals surface area contributed by atoms with Crippen LogP contribution in [0.5, 0.6) is 0 Å². The number of benzene rings is 1. The lowest BCUT2D eigenvalue weighted by Crippen LogP contribution is -2.19. The van der Waals surface area contributed by atoms with Crippen LogP contribution in [0.3, 0.4) is 0 Å². The highest BCUT2D eigenvalue weighted by molar-refractivity contribution is 5.87. The molecule has 0 saturated carbocycles. The zero-order valence-electron chi connectivity index (χ0n) is 7.97. The smallest absolute Gasteiger partial charge is 0.316 e. The first-order chi connectivity index (χ1) is 6.77. The van der Waals surface area contributed by atoms with Gasteiger partial charge in [-0.3, -0.25) is 4.79 Å².